The van der Waals surface area contributed by atoms with Crippen molar-refractivity contribution in [3.05, 3.63) is 33.4 Å². The van der Waals surface area contributed by atoms with E-state index in [0.29, 0.717) is 15.4 Å². The van der Waals surface area contributed by atoms with Gasteiger partial charge in [-0.25, -0.2) is 9.78 Å². The molecule has 0 spiro atoms. The molecule has 9 heteroatoms. The largest absolute Gasteiger partial charge is 0.351 e. The van der Waals surface area contributed by atoms with Gasteiger partial charge in [-0.15, -0.1) is 17.9 Å². The number of nitrogens with one attached hydrogen (secondary N) is 1. The molecule has 2 heterocycles. The number of hydrogen-bond acceptors (Lipinski definition) is 6. The lowest BCUT2D eigenvalue weighted by Crippen LogP contribution is -2.42. The number of nitrogens with two attached hydrogens (primary N) is 1. The minimum absolute atomic E-state index is 0.101. The molecule has 3 amide bonds. The number of aryl methyl sites for hydroxylation is 2. The van der Waals surface area contributed by atoms with Crippen molar-refractivity contribution in [2.24, 2.45) is 11.7 Å². The number of fused-ring (bicyclic) bond motifs is 1. The van der Waals surface area contributed by atoms with Gasteiger partial charge in [-0.05, 0) is 25.3 Å². The molecule has 2 aromatic rings. The van der Waals surface area contributed by atoms with Gasteiger partial charge in [0.2, 0.25) is 5.91 Å². The van der Waals surface area contributed by atoms with Gasteiger partial charge in [0.1, 0.15) is 4.83 Å². The van der Waals surface area contributed by atoms with Crippen LogP contribution in [0.25, 0.3) is 10.2 Å². The maximum absolute atomic E-state index is 13.0. The van der Waals surface area contributed by atoms with Crippen LogP contribution in [0.5, 0.6) is 0 Å². The fraction of sp³-hybridized carbons (Fsp3) is 0.412. The number of urea groups is 1. The summed E-state index contributed by atoms with van der Waals surface area (Å²) in [4.78, 5) is 42.6. The number of carbonyl (C=O) groups is 2. The van der Waals surface area contributed by atoms with Crippen LogP contribution < -0.4 is 16.6 Å². The fourth-order valence-electron chi connectivity index (χ4n) is 2.49. The van der Waals surface area contributed by atoms with Crippen LogP contribution in [0.2, 0.25) is 0 Å². The zero-order valence-electron chi connectivity index (χ0n) is 15.2. The van der Waals surface area contributed by atoms with E-state index in [1.165, 1.54) is 15.9 Å². The molecule has 0 aromatic carbocycles. The highest BCUT2D eigenvalue weighted by Gasteiger charge is 2.27. The number of hydrogen-bond donors (Lipinski definition) is 2. The summed E-state index contributed by atoms with van der Waals surface area (Å²) in [7, 11) is 0. The zero-order valence-corrected chi connectivity index (χ0v) is 16.8. The van der Waals surface area contributed by atoms with Crippen molar-refractivity contribution >= 4 is 45.3 Å². The van der Waals surface area contributed by atoms with Crippen molar-refractivity contribution in [2.75, 3.05) is 0 Å². The molecule has 0 aliphatic carbocycles. The molecular weight excluding hydrogens is 372 g/mol. The predicted molar refractivity (Wildman–Crippen MR) is 106 cm³/mol. The standard InChI is InChI=1S/C17H22N4O3S2/c1-6-7-21-15(23)11-9(4)10(5)25-14(11)20-17(21)26-12(8(2)3)13(22)19-16(18)24/h6,8,12H,1,7H2,2-5H3,(H3,18,19,22,24)/t12-/m1/s1. The Morgan fingerprint density at radius 3 is 2.62 bits per heavy atom. The van der Waals surface area contributed by atoms with E-state index in [1.54, 1.807) is 6.08 Å². The van der Waals surface area contributed by atoms with Crippen LogP contribution in [0, 0.1) is 19.8 Å². The molecule has 2 rings (SSSR count). The first kappa shape index (κ1) is 20.2. The summed E-state index contributed by atoms with van der Waals surface area (Å²) in [5.41, 5.74) is 5.82. The first-order valence-electron chi connectivity index (χ1n) is 8.05. The number of aromatic nitrogens is 2. The maximum atomic E-state index is 13.0. The Morgan fingerprint density at radius 1 is 1.42 bits per heavy atom. The number of carbonyl (C=O) groups excluding carboxylic acids is 2. The van der Waals surface area contributed by atoms with Gasteiger partial charge < -0.3 is 5.73 Å². The van der Waals surface area contributed by atoms with E-state index in [-0.39, 0.29) is 18.0 Å². The summed E-state index contributed by atoms with van der Waals surface area (Å²) in [5.74, 6) is -0.605. The molecule has 1 atom stereocenters. The lowest BCUT2D eigenvalue weighted by atomic mass is 10.1. The highest BCUT2D eigenvalue weighted by atomic mass is 32.2. The zero-order chi connectivity index (χ0) is 19.6. The first-order chi connectivity index (χ1) is 12.2. The Kier molecular flexibility index (Phi) is 6.25. The Hall–Kier alpha value is -2.13. The number of allylic oxidation sites excluding steroid dienone is 1. The molecule has 0 unspecified atom stereocenters. The van der Waals surface area contributed by atoms with Gasteiger partial charge in [0.25, 0.3) is 5.56 Å². The lowest BCUT2D eigenvalue weighted by Gasteiger charge is -2.20. The third kappa shape index (κ3) is 3.99. The number of amides is 3. The second-order valence-corrected chi connectivity index (χ2v) is 8.51. The quantitative estimate of drug-likeness (QED) is 0.445. The van der Waals surface area contributed by atoms with E-state index in [1.807, 2.05) is 27.7 Å². The second kappa shape index (κ2) is 8.05. The summed E-state index contributed by atoms with van der Waals surface area (Å²) in [5, 5.41) is 2.50. The molecule has 140 valence electrons. The Bertz CT molecular complexity index is 930. The van der Waals surface area contributed by atoms with Crippen molar-refractivity contribution < 1.29 is 9.59 Å². The second-order valence-electron chi connectivity index (χ2n) is 6.20. The fourth-order valence-corrected chi connectivity index (χ4v) is 4.66. The third-order valence-corrected chi connectivity index (χ3v) is 6.54. The van der Waals surface area contributed by atoms with Crippen molar-refractivity contribution in [2.45, 2.75) is 44.6 Å². The first-order valence-corrected chi connectivity index (χ1v) is 9.75. The number of nitrogens with zero attached hydrogens (tertiary/aromatic N) is 2. The molecule has 2 aromatic heterocycles. The van der Waals surface area contributed by atoms with Crippen LogP contribution in [0.1, 0.15) is 24.3 Å². The third-order valence-electron chi connectivity index (χ3n) is 3.91. The van der Waals surface area contributed by atoms with Crippen LogP contribution in [-0.2, 0) is 11.3 Å². The number of primary amides is 1. The van der Waals surface area contributed by atoms with E-state index in [0.717, 1.165) is 22.2 Å². The summed E-state index contributed by atoms with van der Waals surface area (Å²) >= 11 is 2.60. The van der Waals surface area contributed by atoms with Gasteiger partial charge in [0.15, 0.2) is 5.16 Å². The predicted octanol–water partition coefficient (Wildman–Crippen LogP) is 2.57. The minimum Gasteiger partial charge on any atom is -0.351 e. The van der Waals surface area contributed by atoms with Crippen LogP contribution in [0.4, 0.5) is 4.79 Å². The molecule has 0 bridgehead atoms. The van der Waals surface area contributed by atoms with Crippen LogP contribution in [-0.4, -0.2) is 26.7 Å². The molecule has 0 aliphatic rings. The molecule has 3 N–H and O–H groups in total. The minimum atomic E-state index is -0.905. The number of rotatable bonds is 6. The van der Waals surface area contributed by atoms with E-state index in [2.05, 4.69) is 16.9 Å². The summed E-state index contributed by atoms with van der Waals surface area (Å²) in [6, 6.07) is -0.905. The maximum Gasteiger partial charge on any atom is 0.318 e. The van der Waals surface area contributed by atoms with Gasteiger partial charge in [-0.1, -0.05) is 31.7 Å². The van der Waals surface area contributed by atoms with Gasteiger partial charge in [-0.2, -0.15) is 0 Å². The lowest BCUT2D eigenvalue weighted by molar-refractivity contribution is -0.120. The molecular formula is C17H22N4O3S2. The Labute approximate surface area is 159 Å². The van der Waals surface area contributed by atoms with Crippen LogP contribution in [0.15, 0.2) is 22.6 Å². The number of thiophene rings is 1. The van der Waals surface area contributed by atoms with Crippen molar-refractivity contribution in [1.82, 2.24) is 14.9 Å². The van der Waals surface area contributed by atoms with Gasteiger partial charge in [-0.3, -0.25) is 19.5 Å². The van der Waals surface area contributed by atoms with E-state index in [4.69, 9.17) is 5.73 Å². The van der Waals surface area contributed by atoms with E-state index >= 15 is 0 Å². The molecule has 0 saturated heterocycles. The average Bonchev–Trinajstić information content (AvgIpc) is 2.81. The topological polar surface area (TPSA) is 107 Å². The van der Waals surface area contributed by atoms with Crippen molar-refractivity contribution in [3.8, 4) is 0 Å². The highest BCUT2D eigenvalue weighted by molar-refractivity contribution is 8.00. The van der Waals surface area contributed by atoms with Crippen LogP contribution in [0.3, 0.4) is 0 Å². The number of thioether (sulfide) groups is 1. The molecule has 26 heavy (non-hydrogen) atoms. The molecule has 0 fully saturated rings. The molecule has 0 aliphatic heterocycles. The summed E-state index contributed by atoms with van der Waals surface area (Å²) < 4.78 is 1.51. The van der Waals surface area contributed by atoms with E-state index < -0.39 is 17.2 Å². The smallest absolute Gasteiger partial charge is 0.318 e. The van der Waals surface area contributed by atoms with Crippen molar-refractivity contribution in [3.63, 3.8) is 0 Å². The number of imide groups is 1. The van der Waals surface area contributed by atoms with Gasteiger partial charge in [0.05, 0.1) is 10.6 Å². The molecule has 0 saturated carbocycles. The molecule has 7 nitrogen and oxygen atoms in total. The van der Waals surface area contributed by atoms with E-state index in [9.17, 15) is 14.4 Å². The SMILES string of the molecule is C=CCn1c(S[C@@H](C(=O)NC(N)=O)C(C)C)nc2sc(C)c(C)c2c1=O. The summed E-state index contributed by atoms with van der Waals surface area (Å²) in [6.45, 7) is 11.5. The monoisotopic (exact) mass is 394 g/mol. The molecule has 0 radical (unpaired) electrons. The normalized spacial score (nSPS) is 12.3. The van der Waals surface area contributed by atoms with Crippen LogP contribution >= 0.6 is 23.1 Å². The summed E-state index contributed by atoms with van der Waals surface area (Å²) in [6.07, 6.45) is 1.61. The van der Waals surface area contributed by atoms with Gasteiger partial charge >= 0.3 is 6.03 Å². The van der Waals surface area contributed by atoms with Crippen molar-refractivity contribution in [1.29, 1.82) is 0 Å². The highest BCUT2D eigenvalue weighted by Crippen LogP contribution is 2.31. The average molecular weight is 395 g/mol. The Balaban J connectivity index is 2.57. The van der Waals surface area contributed by atoms with Gasteiger partial charge in [0, 0.05) is 11.4 Å². The Morgan fingerprint density at radius 2 is 2.08 bits per heavy atom.